The van der Waals surface area contributed by atoms with Gasteiger partial charge in [-0.2, -0.15) is 0 Å². The SMILES string of the molecule is COc1ccccc1NC1(C(N)=O)CCOC(C(C)C)C1. The highest BCUT2D eigenvalue weighted by atomic mass is 16.5. The molecule has 2 atom stereocenters. The fourth-order valence-electron chi connectivity index (χ4n) is 2.72. The van der Waals surface area contributed by atoms with Crippen LogP contribution < -0.4 is 15.8 Å². The van der Waals surface area contributed by atoms with Crippen molar-refractivity contribution in [2.75, 3.05) is 19.0 Å². The van der Waals surface area contributed by atoms with E-state index in [1.54, 1.807) is 7.11 Å². The molecule has 5 nitrogen and oxygen atoms in total. The van der Waals surface area contributed by atoms with Gasteiger partial charge in [0.2, 0.25) is 5.91 Å². The summed E-state index contributed by atoms with van der Waals surface area (Å²) in [4.78, 5) is 12.1. The molecule has 1 amide bonds. The smallest absolute Gasteiger partial charge is 0.243 e. The molecule has 21 heavy (non-hydrogen) atoms. The van der Waals surface area contributed by atoms with E-state index in [9.17, 15) is 4.79 Å². The molecule has 1 aliphatic rings. The Labute approximate surface area is 125 Å². The van der Waals surface area contributed by atoms with Gasteiger partial charge in [-0.05, 0) is 18.1 Å². The van der Waals surface area contributed by atoms with E-state index < -0.39 is 5.54 Å². The predicted molar refractivity (Wildman–Crippen MR) is 82.4 cm³/mol. The van der Waals surface area contributed by atoms with Crippen LogP contribution in [0.2, 0.25) is 0 Å². The lowest BCUT2D eigenvalue weighted by Gasteiger charge is -2.41. The number of anilines is 1. The molecule has 1 aromatic carbocycles. The van der Waals surface area contributed by atoms with E-state index in [4.69, 9.17) is 15.2 Å². The molecule has 1 aliphatic heterocycles. The predicted octanol–water partition coefficient (Wildman–Crippen LogP) is 2.17. The maximum Gasteiger partial charge on any atom is 0.243 e. The number of para-hydroxylation sites is 2. The number of amides is 1. The van der Waals surface area contributed by atoms with Crippen molar-refractivity contribution in [1.82, 2.24) is 0 Å². The van der Waals surface area contributed by atoms with Gasteiger partial charge in [0.15, 0.2) is 0 Å². The Bertz CT molecular complexity index is 504. The molecule has 0 bridgehead atoms. The number of carbonyl (C=O) groups excluding carboxylic acids is 1. The zero-order chi connectivity index (χ0) is 15.5. The van der Waals surface area contributed by atoms with E-state index >= 15 is 0 Å². The van der Waals surface area contributed by atoms with E-state index in [0.717, 1.165) is 5.69 Å². The van der Waals surface area contributed by atoms with Gasteiger partial charge in [-0.1, -0.05) is 26.0 Å². The van der Waals surface area contributed by atoms with Gasteiger partial charge in [0.05, 0.1) is 18.9 Å². The molecule has 116 valence electrons. The molecule has 2 unspecified atom stereocenters. The second-order valence-corrected chi connectivity index (χ2v) is 5.88. The van der Waals surface area contributed by atoms with Crippen LogP contribution in [0.1, 0.15) is 26.7 Å². The molecule has 1 aromatic rings. The molecular formula is C16H24N2O3. The highest BCUT2D eigenvalue weighted by Crippen LogP contribution is 2.34. The van der Waals surface area contributed by atoms with Gasteiger partial charge >= 0.3 is 0 Å². The Morgan fingerprint density at radius 2 is 2.19 bits per heavy atom. The van der Waals surface area contributed by atoms with Gasteiger partial charge in [0, 0.05) is 19.4 Å². The van der Waals surface area contributed by atoms with Crippen LogP contribution in [0.3, 0.4) is 0 Å². The van der Waals surface area contributed by atoms with Crippen LogP contribution in [-0.2, 0) is 9.53 Å². The molecule has 0 saturated carbocycles. The molecular weight excluding hydrogens is 268 g/mol. The second kappa shape index (κ2) is 6.35. The van der Waals surface area contributed by atoms with Gasteiger partial charge in [-0.15, -0.1) is 0 Å². The van der Waals surface area contributed by atoms with E-state index in [0.29, 0.717) is 31.1 Å². The van der Waals surface area contributed by atoms with Crippen molar-refractivity contribution < 1.29 is 14.3 Å². The first-order chi connectivity index (χ1) is 9.98. The Balaban J connectivity index is 2.28. The van der Waals surface area contributed by atoms with E-state index in [1.807, 2.05) is 24.3 Å². The molecule has 0 radical (unpaired) electrons. The molecule has 3 N–H and O–H groups in total. The third kappa shape index (κ3) is 3.29. The quantitative estimate of drug-likeness (QED) is 0.872. The number of ether oxygens (including phenoxy) is 2. The zero-order valence-electron chi connectivity index (χ0n) is 12.9. The van der Waals surface area contributed by atoms with Crippen LogP contribution in [0.25, 0.3) is 0 Å². The number of methoxy groups -OCH3 is 1. The molecule has 2 rings (SSSR count). The van der Waals surface area contributed by atoms with Gasteiger partial charge in [0.25, 0.3) is 0 Å². The molecule has 0 aromatic heterocycles. The molecule has 1 saturated heterocycles. The third-order valence-electron chi connectivity index (χ3n) is 4.11. The minimum atomic E-state index is -0.790. The normalized spacial score (nSPS) is 25.6. The Morgan fingerprint density at radius 1 is 1.48 bits per heavy atom. The first-order valence-electron chi connectivity index (χ1n) is 7.31. The summed E-state index contributed by atoms with van der Waals surface area (Å²) >= 11 is 0. The summed E-state index contributed by atoms with van der Waals surface area (Å²) in [5.41, 5.74) is 5.70. The van der Waals surface area contributed by atoms with E-state index in [-0.39, 0.29) is 12.0 Å². The number of hydrogen-bond acceptors (Lipinski definition) is 4. The summed E-state index contributed by atoms with van der Waals surface area (Å²) in [6.45, 7) is 4.70. The largest absolute Gasteiger partial charge is 0.495 e. The van der Waals surface area contributed by atoms with Crippen molar-refractivity contribution in [2.45, 2.75) is 38.3 Å². The van der Waals surface area contributed by atoms with Crippen molar-refractivity contribution in [2.24, 2.45) is 11.7 Å². The number of nitrogens with two attached hydrogens (primary N) is 1. The van der Waals surface area contributed by atoms with Crippen molar-refractivity contribution >= 4 is 11.6 Å². The molecule has 5 heteroatoms. The Morgan fingerprint density at radius 3 is 2.81 bits per heavy atom. The van der Waals surface area contributed by atoms with E-state index in [2.05, 4.69) is 19.2 Å². The third-order valence-corrected chi connectivity index (χ3v) is 4.11. The summed E-state index contributed by atoms with van der Waals surface area (Å²) in [6.07, 6.45) is 1.15. The maximum atomic E-state index is 12.1. The van der Waals surface area contributed by atoms with Crippen molar-refractivity contribution in [3.63, 3.8) is 0 Å². The van der Waals surface area contributed by atoms with Gasteiger partial charge in [-0.3, -0.25) is 4.79 Å². The number of primary amides is 1. The number of benzene rings is 1. The van der Waals surface area contributed by atoms with Gasteiger partial charge in [-0.25, -0.2) is 0 Å². The minimum absolute atomic E-state index is 0.0217. The van der Waals surface area contributed by atoms with Crippen LogP contribution in [0.15, 0.2) is 24.3 Å². The lowest BCUT2D eigenvalue weighted by Crippen LogP contribution is -2.56. The maximum absolute atomic E-state index is 12.1. The first kappa shape index (κ1) is 15.6. The first-order valence-corrected chi connectivity index (χ1v) is 7.31. The number of carbonyl (C=O) groups is 1. The van der Waals surface area contributed by atoms with Gasteiger partial charge < -0.3 is 20.5 Å². The zero-order valence-corrected chi connectivity index (χ0v) is 12.9. The highest BCUT2D eigenvalue weighted by molar-refractivity contribution is 5.88. The fourth-order valence-corrected chi connectivity index (χ4v) is 2.72. The average Bonchev–Trinajstić information content (AvgIpc) is 2.48. The number of hydrogen-bond donors (Lipinski definition) is 2. The lowest BCUT2D eigenvalue weighted by molar-refractivity contribution is -0.128. The number of rotatable bonds is 5. The standard InChI is InChI=1S/C16H24N2O3/c1-11(2)14-10-16(15(17)19,8-9-21-14)18-12-6-4-5-7-13(12)20-3/h4-7,11,14,18H,8-10H2,1-3H3,(H2,17,19). The summed E-state index contributed by atoms with van der Waals surface area (Å²) in [5, 5.41) is 3.32. The van der Waals surface area contributed by atoms with Crippen LogP contribution in [0, 0.1) is 5.92 Å². The van der Waals surface area contributed by atoms with Crippen molar-refractivity contribution in [3.8, 4) is 5.75 Å². The summed E-state index contributed by atoms with van der Waals surface area (Å²) in [6, 6.07) is 7.54. The lowest BCUT2D eigenvalue weighted by atomic mass is 9.82. The summed E-state index contributed by atoms with van der Waals surface area (Å²) in [7, 11) is 1.61. The number of nitrogens with one attached hydrogen (secondary N) is 1. The average molecular weight is 292 g/mol. The second-order valence-electron chi connectivity index (χ2n) is 5.88. The van der Waals surface area contributed by atoms with Crippen LogP contribution in [-0.4, -0.2) is 31.3 Å². The molecule has 1 fully saturated rings. The Kier molecular flexibility index (Phi) is 4.73. The molecule has 0 spiro atoms. The topological polar surface area (TPSA) is 73.6 Å². The van der Waals surface area contributed by atoms with E-state index in [1.165, 1.54) is 0 Å². The monoisotopic (exact) mass is 292 g/mol. The van der Waals surface area contributed by atoms with Crippen LogP contribution >= 0.6 is 0 Å². The molecule has 1 heterocycles. The van der Waals surface area contributed by atoms with Crippen LogP contribution in [0.4, 0.5) is 5.69 Å². The minimum Gasteiger partial charge on any atom is -0.495 e. The van der Waals surface area contributed by atoms with Crippen molar-refractivity contribution in [3.05, 3.63) is 24.3 Å². The van der Waals surface area contributed by atoms with Crippen LogP contribution in [0.5, 0.6) is 5.75 Å². The summed E-state index contributed by atoms with van der Waals surface area (Å²) in [5.74, 6) is 0.691. The van der Waals surface area contributed by atoms with Gasteiger partial charge in [0.1, 0.15) is 11.3 Å². The fraction of sp³-hybridized carbons (Fsp3) is 0.562. The summed E-state index contributed by atoms with van der Waals surface area (Å²) < 4.78 is 11.1. The van der Waals surface area contributed by atoms with Crippen molar-refractivity contribution in [1.29, 1.82) is 0 Å². The highest BCUT2D eigenvalue weighted by Gasteiger charge is 2.43. The molecule has 0 aliphatic carbocycles. The Hall–Kier alpha value is -1.75.